The number of aromatic nitrogens is 2. The fourth-order valence-electron chi connectivity index (χ4n) is 1.63. The normalized spacial score (nSPS) is 10.7. The van der Waals surface area contributed by atoms with Crippen LogP contribution in [0.3, 0.4) is 0 Å². The Morgan fingerprint density at radius 2 is 2.12 bits per heavy atom. The van der Waals surface area contributed by atoms with Crippen LogP contribution in [0, 0.1) is 12.7 Å². The summed E-state index contributed by atoms with van der Waals surface area (Å²) in [7, 11) is 0. The molecule has 4 nitrogen and oxygen atoms in total. The maximum absolute atomic E-state index is 13.1. The van der Waals surface area contributed by atoms with Crippen LogP contribution in [0.2, 0.25) is 0 Å². The van der Waals surface area contributed by atoms with E-state index in [2.05, 4.69) is 10.2 Å². The SMILES string of the molecule is Cc1cc(-c2[nH][nH]c(=O)c2CN)ccc1F. The van der Waals surface area contributed by atoms with Crippen LogP contribution in [0.5, 0.6) is 0 Å². The highest BCUT2D eigenvalue weighted by atomic mass is 19.1. The van der Waals surface area contributed by atoms with E-state index in [1.165, 1.54) is 6.07 Å². The number of hydrogen-bond acceptors (Lipinski definition) is 2. The van der Waals surface area contributed by atoms with Gasteiger partial charge in [-0.3, -0.25) is 15.0 Å². The highest BCUT2D eigenvalue weighted by molar-refractivity contribution is 5.63. The van der Waals surface area contributed by atoms with Crippen LogP contribution >= 0.6 is 0 Å². The minimum atomic E-state index is -0.268. The summed E-state index contributed by atoms with van der Waals surface area (Å²) < 4.78 is 13.1. The molecular weight excluding hydrogens is 209 g/mol. The van der Waals surface area contributed by atoms with Gasteiger partial charge in [-0.15, -0.1) is 0 Å². The quantitative estimate of drug-likeness (QED) is 0.714. The third kappa shape index (κ3) is 1.65. The van der Waals surface area contributed by atoms with Gasteiger partial charge in [0.05, 0.1) is 11.3 Å². The molecule has 0 unspecified atom stereocenters. The molecule has 0 aliphatic heterocycles. The minimum Gasteiger partial charge on any atom is -0.326 e. The fraction of sp³-hybridized carbons (Fsp3) is 0.182. The van der Waals surface area contributed by atoms with E-state index in [9.17, 15) is 9.18 Å². The molecule has 5 heteroatoms. The average molecular weight is 221 g/mol. The molecule has 16 heavy (non-hydrogen) atoms. The van der Waals surface area contributed by atoms with E-state index >= 15 is 0 Å². The zero-order valence-electron chi connectivity index (χ0n) is 8.80. The Morgan fingerprint density at radius 1 is 1.38 bits per heavy atom. The summed E-state index contributed by atoms with van der Waals surface area (Å²) in [5, 5.41) is 5.21. The predicted molar refractivity (Wildman–Crippen MR) is 59.4 cm³/mol. The molecule has 0 saturated carbocycles. The van der Waals surface area contributed by atoms with Crippen molar-refractivity contribution in [1.29, 1.82) is 0 Å². The number of aryl methyl sites for hydroxylation is 1. The van der Waals surface area contributed by atoms with Crippen molar-refractivity contribution in [2.75, 3.05) is 0 Å². The number of nitrogens with one attached hydrogen (secondary N) is 2. The van der Waals surface area contributed by atoms with E-state index in [1.54, 1.807) is 19.1 Å². The first kappa shape index (κ1) is 10.6. The van der Waals surface area contributed by atoms with Crippen LogP contribution in [-0.4, -0.2) is 10.2 Å². The van der Waals surface area contributed by atoms with Crippen LogP contribution < -0.4 is 11.3 Å². The lowest BCUT2D eigenvalue weighted by Crippen LogP contribution is -2.10. The number of H-pyrrole nitrogens is 2. The van der Waals surface area contributed by atoms with Crippen molar-refractivity contribution in [2.24, 2.45) is 5.73 Å². The summed E-state index contributed by atoms with van der Waals surface area (Å²) in [4.78, 5) is 11.4. The lowest BCUT2D eigenvalue weighted by atomic mass is 10.1. The number of aromatic amines is 2. The van der Waals surface area contributed by atoms with Crippen molar-refractivity contribution in [2.45, 2.75) is 13.5 Å². The van der Waals surface area contributed by atoms with Crippen molar-refractivity contribution in [1.82, 2.24) is 10.2 Å². The Labute approximate surface area is 91.3 Å². The molecule has 0 fully saturated rings. The Kier molecular flexibility index (Phi) is 2.62. The van der Waals surface area contributed by atoms with Gasteiger partial charge in [0.1, 0.15) is 5.82 Å². The van der Waals surface area contributed by atoms with E-state index < -0.39 is 0 Å². The van der Waals surface area contributed by atoms with Gasteiger partial charge in [-0.25, -0.2) is 4.39 Å². The lowest BCUT2D eigenvalue weighted by molar-refractivity contribution is 0.618. The molecule has 0 saturated heterocycles. The maximum Gasteiger partial charge on any atom is 0.269 e. The van der Waals surface area contributed by atoms with Gasteiger partial charge in [-0.1, -0.05) is 0 Å². The largest absolute Gasteiger partial charge is 0.326 e. The van der Waals surface area contributed by atoms with Crippen LogP contribution in [0.15, 0.2) is 23.0 Å². The Bertz CT molecular complexity index is 571. The number of hydrogen-bond donors (Lipinski definition) is 3. The van der Waals surface area contributed by atoms with Crippen LogP contribution in [0.4, 0.5) is 4.39 Å². The number of rotatable bonds is 2. The third-order valence-electron chi connectivity index (χ3n) is 2.53. The number of nitrogens with two attached hydrogens (primary N) is 1. The molecular formula is C11H12FN3O. The van der Waals surface area contributed by atoms with Crippen molar-refractivity contribution < 1.29 is 4.39 Å². The molecule has 4 N–H and O–H groups in total. The van der Waals surface area contributed by atoms with Crippen molar-refractivity contribution in [3.63, 3.8) is 0 Å². The molecule has 1 aromatic heterocycles. The second-order valence-electron chi connectivity index (χ2n) is 3.60. The summed E-state index contributed by atoms with van der Waals surface area (Å²) in [5.41, 5.74) is 7.63. The highest BCUT2D eigenvalue weighted by Gasteiger charge is 2.10. The van der Waals surface area contributed by atoms with Crippen LogP contribution in [0.1, 0.15) is 11.1 Å². The highest BCUT2D eigenvalue weighted by Crippen LogP contribution is 2.21. The van der Waals surface area contributed by atoms with Gasteiger partial charge in [0.2, 0.25) is 0 Å². The van der Waals surface area contributed by atoms with Crippen LogP contribution in [-0.2, 0) is 6.54 Å². The van der Waals surface area contributed by atoms with Crippen molar-refractivity contribution >= 4 is 0 Å². The van der Waals surface area contributed by atoms with E-state index in [0.717, 1.165) is 5.56 Å². The molecule has 0 aliphatic rings. The molecule has 2 rings (SSSR count). The molecule has 1 heterocycles. The summed E-state index contributed by atoms with van der Waals surface area (Å²) in [6.45, 7) is 1.82. The first-order chi connectivity index (χ1) is 7.63. The fourth-order valence-corrected chi connectivity index (χ4v) is 1.63. The van der Waals surface area contributed by atoms with Crippen LogP contribution in [0.25, 0.3) is 11.3 Å². The molecule has 0 radical (unpaired) electrons. The van der Waals surface area contributed by atoms with Gasteiger partial charge in [-0.05, 0) is 30.7 Å². The standard InChI is InChI=1S/C11H12FN3O/c1-6-4-7(2-3-9(6)12)10-8(5-13)11(16)15-14-10/h2-4H,5,13H2,1H3,(H2,14,15,16). The Balaban J connectivity index is 2.58. The minimum absolute atomic E-state index is 0.143. The summed E-state index contributed by atoms with van der Waals surface area (Å²) in [6, 6.07) is 4.66. The Morgan fingerprint density at radius 3 is 2.75 bits per heavy atom. The second kappa shape index (κ2) is 3.94. The Hall–Kier alpha value is -1.88. The first-order valence-electron chi connectivity index (χ1n) is 4.89. The van der Waals surface area contributed by atoms with Gasteiger partial charge in [0.25, 0.3) is 5.56 Å². The van der Waals surface area contributed by atoms with Gasteiger partial charge in [0.15, 0.2) is 0 Å². The van der Waals surface area contributed by atoms with Gasteiger partial charge < -0.3 is 5.73 Å². The van der Waals surface area contributed by atoms with Gasteiger partial charge in [0, 0.05) is 12.1 Å². The smallest absolute Gasteiger partial charge is 0.269 e. The molecule has 2 aromatic rings. The maximum atomic E-state index is 13.1. The van der Waals surface area contributed by atoms with E-state index in [0.29, 0.717) is 16.8 Å². The monoisotopic (exact) mass is 221 g/mol. The third-order valence-corrected chi connectivity index (χ3v) is 2.53. The zero-order valence-corrected chi connectivity index (χ0v) is 8.80. The average Bonchev–Trinajstić information content (AvgIpc) is 2.63. The van der Waals surface area contributed by atoms with Gasteiger partial charge >= 0.3 is 0 Å². The second-order valence-corrected chi connectivity index (χ2v) is 3.60. The molecule has 0 spiro atoms. The van der Waals surface area contributed by atoms with Crippen molar-refractivity contribution in [3.8, 4) is 11.3 Å². The molecule has 0 aliphatic carbocycles. The molecule has 0 amide bonds. The molecule has 1 aromatic carbocycles. The number of benzene rings is 1. The summed E-state index contributed by atoms with van der Waals surface area (Å²) in [6.07, 6.45) is 0. The lowest BCUT2D eigenvalue weighted by Gasteiger charge is -2.03. The zero-order chi connectivity index (χ0) is 11.7. The molecule has 0 atom stereocenters. The summed E-state index contributed by atoms with van der Waals surface area (Å²) >= 11 is 0. The molecule has 0 bridgehead atoms. The van der Waals surface area contributed by atoms with Crippen molar-refractivity contribution in [3.05, 3.63) is 45.5 Å². The predicted octanol–water partition coefficient (Wildman–Crippen LogP) is 1.28. The van der Waals surface area contributed by atoms with Gasteiger partial charge in [-0.2, -0.15) is 0 Å². The number of halogens is 1. The van der Waals surface area contributed by atoms with E-state index in [1.807, 2.05) is 0 Å². The first-order valence-corrected chi connectivity index (χ1v) is 4.89. The molecule has 84 valence electrons. The summed E-state index contributed by atoms with van der Waals surface area (Å²) in [5.74, 6) is -0.268. The van der Waals surface area contributed by atoms with E-state index in [4.69, 9.17) is 5.73 Å². The van der Waals surface area contributed by atoms with E-state index in [-0.39, 0.29) is 17.9 Å². The topological polar surface area (TPSA) is 74.7 Å².